The van der Waals surface area contributed by atoms with Gasteiger partial charge in [-0.15, -0.1) is 0 Å². The van der Waals surface area contributed by atoms with E-state index in [1.165, 1.54) is 11.8 Å². The van der Waals surface area contributed by atoms with Crippen molar-refractivity contribution >= 4 is 9.84 Å². The molecule has 0 saturated carbocycles. The standard InChI is InChI=1S/C11H17NO3S/c1-16(13,14)7-4-10-8-12-5-2-9-3-6-15-11(9)10/h3,6,10,12H,2,4-5,7-8H2,1H3. The first-order valence-electron chi connectivity index (χ1n) is 5.51. The molecule has 2 heterocycles. The van der Waals surface area contributed by atoms with Crippen molar-refractivity contribution in [3.05, 3.63) is 23.7 Å². The summed E-state index contributed by atoms with van der Waals surface area (Å²) >= 11 is 0. The molecule has 0 radical (unpaired) electrons. The van der Waals surface area contributed by atoms with Gasteiger partial charge in [-0.1, -0.05) is 0 Å². The molecule has 1 aliphatic rings. The van der Waals surface area contributed by atoms with Gasteiger partial charge in [0.2, 0.25) is 0 Å². The molecule has 1 N–H and O–H groups in total. The quantitative estimate of drug-likeness (QED) is 0.858. The first-order valence-corrected chi connectivity index (χ1v) is 7.57. The Hall–Kier alpha value is -0.810. The Bertz CT molecular complexity index is 450. The van der Waals surface area contributed by atoms with E-state index in [1.807, 2.05) is 6.07 Å². The summed E-state index contributed by atoms with van der Waals surface area (Å²) in [7, 11) is -2.89. The Kier molecular flexibility index (Phi) is 3.35. The molecule has 2 rings (SSSR count). The lowest BCUT2D eigenvalue weighted by molar-refractivity contribution is 0.445. The molecule has 0 amide bonds. The van der Waals surface area contributed by atoms with Crippen molar-refractivity contribution in [2.45, 2.75) is 18.8 Å². The van der Waals surface area contributed by atoms with Crippen molar-refractivity contribution in [2.75, 3.05) is 25.1 Å². The fourth-order valence-corrected chi connectivity index (χ4v) is 2.81. The fraction of sp³-hybridized carbons (Fsp3) is 0.636. The highest BCUT2D eigenvalue weighted by Crippen LogP contribution is 2.26. The van der Waals surface area contributed by atoms with Crippen LogP contribution in [0.5, 0.6) is 0 Å². The number of hydrogen-bond acceptors (Lipinski definition) is 4. The van der Waals surface area contributed by atoms with Gasteiger partial charge in [0.05, 0.1) is 12.0 Å². The number of rotatable bonds is 3. The third kappa shape index (κ3) is 2.86. The van der Waals surface area contributed by atoms with Gasteiger partial charge < -0.3 is 9.73 Å². The van der Waals surface area contributed by atoms with Gasteiger partial charge >= 0.3 is 0 Å². The van der Waals surface area contributed by atoms with E-state index in [1.54, 1.807) is 6.26 Å². The topological polar surface area (TPSA) is 59.3 Å². The molecule has 0 aliphatic carbocycles. The van der Waals surface area contributed by atoms with E-state index in [0.29, 0.717) is 6.42 Å². The minimum absolute atomic E-state index is 0.183. The molecule has 90 valence electrons. The van der Waals surface area contributed by atoms with E-state index >= 15 is 0 Å². The smallest absolute Gasteiger partial charge is 0.147 e. The van der Waals surface area contributed by atoms with Gasteiger partial charge in [0.15, 0.2) is 0 Å². The van der Waals surface area contributed by atoms with E-state index in [-0.39, 0.29) is 11.7 Å². The Balaban J connectivity index is 2.10. The molecule has 4 nitrogen and oxygen atoms in total. The van der Waals surface area contributed by atoms with Crippen LogP contribution in [0, 0.1) is 0 Å². The van der Waals surface area contributed by atoms with Crippen molar-refractivity contribution in [3.63, 3.8) is 0 Å². The van der Waals surface area contributed by atoms with Gasteiger partial charge in [0.25, 0.3) is 0 Å². The van der Waals surface area contributed by atoms with Crippen molar-refractivity contribution < 1.29 is 12.8 Å². The second-order valence-electron chi connectivity index (χ2n) is 4.38. The minimum atomic E-state index is -2.89. The lowest BCUT2D eigenvalue weighted by Gasteiger charge is -2.12. The molecule has 0 spiro atoms. The van der Waals surface area contributed by atoms with Crippen molar-refractivity contribution in [3.8, 4) is 0 Å². The van der Waals surface area contributed by atoms with Gasteiger partial charge in [0.1, 0.15) is 15.6 Å². The monoisotopic (exact) mass is 243 g/mol. The normalized spacial score (nSPS) is 21.4. The van der Waals surface area contributed by atoms with Crippen LogP contribution in [0.15, 0.2) is 16.7 Å². The molecular weight excluding hydrogens is 226 g/mol. The summed E-state index contributed by atoms with van der Waals surface area (Å²) in [6.07, 6.45) is 4.57. The zero-order chi connectivity index (χ0) is 11.6. The maximum Gasteiger partial charge on any atom is 0.147 e. The van der Waals surface area contributed by atoms with E-state index in [9.17, 15) is 8.42 Å². The summed E-state index contributed by atoms with van der Waals surface area (Å²) in [6.45, 7) is 1.73. The molecule has 0 aromatic carbocycles. The van der Waals surface area contributed by atoms with E-state index in [4.69, 9.17) is 4.42 Å². The van der Waals surface area contributed by atoms with Gasteiger partial charge in [-0.25, -0.2) is 8.42 Å². The molecule has 1 atom stereocenters. The molecule has 1 aromatic heterocycles. The maximum atomic E-state index is 11.2. The highest BCUT2D eigenvalue weighted by Gasteiger charge is 2.22. The Morgan fingerprint density at radius 1 is 1.56 bits per heavy atom. The SMILES string of the molecule is CS(=O)(=O)CCC1CNCCc2ccoc21. The number of nitrogens with one attached hydrogen (secondary N) is 1. The van der Waals surface area contributed by atoms with Crippen molar-refractivity contribution in [1.82, 2.24) is 5.32 Å². The third-order valence-electron chi connectivity index (χ3n) is 2.95. The number of sulfone groups is 1. The molecule has 5 heteroatoms. The number of hydrogen-bond donors (Lipinski definition) is 1. The highest BCUT2D eigenvalue weighted by atomic mass is 32.2. The molecule has 0 saturated heterocycles. The first kappa shape index (κ1) is 11.7. The van der Waals surface area contributed by atoms with Crippen LogP contribution < -0.4 is 5.32 Å². The second kappa shape index (κ2) is 4.59. The molecular formula is C11H17NO3S. The molecule has 0 fully saturated rings. The fourth-order valence-electron chi connectivity index (χ4n) is 2.09. The predicted octanol–water partition coefficient (Wildman–Crippen LogP) is 0.944. The molecule has 16 heavy (non-hydrogen) atoms. The summed E-state index contributed by atoms with van der Waals surface area (Å²) in [5, 5.41) is 3.31. The van der Waals surface area contributed by atoms with Crippen LogP contribution in [0.3, 0.4) is 0 Å². The van der Waals surface area contributed by atoms with Crippen LogP contribution in [0.1, 0.15) is 23.7 Å². The summed E-state index contributed by atoms with van der Waals surface area (Å²) in [4.78, 5) is 0. The lowest BCUT2D eigenvalue weighted by atomic mass is 10.0. The lowest BCUT2D eigenvalue weighted by Crippen LogP contribution is -2.21. The predicted molar refractivity (Wildman–Crippen MR) is 62.4 cm³/mol. The zero-order valence-corrected chi connectivity index (χ0v) is 10.2. The van der Waals surface area contributed by atoms with Crippen LogP contribution in [0.2, 0.25) is 0 Å². The van der Waals surface area contributed by atoms with Gasteiger partial charge in [-0.3, -0.25) is 0 Å². The Labute approximate surface area is 95.9 Å². The van der Waals surface area contributed by atoms with Crippen LogP contribution in [-0.2, 0) is 16.3 Å². The van der Waals surface area contributed by atoms with Crippen LogP contribution in [-0.4, -0.2) is 33.5 Å². The van der Waals surface area contributed by atoms with E-state index in [2.05, 4.69) is 5.32 Å². The van der Waals surface area contributed by atoms with E-state index in [0.717, 1.165) is 25.3 Å². The third-order valence-corrected chi connectivity index (χ3v) is 3.93. The average Bonchev–Trinajstić information content (AvgIpc) is 2.56. The molecule has 1 unspecified atom stereocenters. The highest BCUT2D eigenvalue weighted by molar-refractivity contribution is 7.90. The Morgan fingerprint density at radius 3 is 3.12 bits per heavy atom. The second-order valence-corrected chi connectivity index (χ2v) is 6.64. The molecule has 0 bridgehead atoms. The average molecular weight is 243 g/mol. The van der Waals surface area contributed by atoms with Crippen LogP contribution in [0.4, 0.5) is 0 Å². The summed E-state index contributed by atoms with van der Waals surface area (Å²) in [5.41, 5.74) is 1.21. The van der Waals surface area contributed by atoms with Gasteiger partial charge in [-0.05, 0) is 31.0 Å². The van der Waals surface area contributed by atoms with Crippen LogP contribution in [0.25, 0.3) is 0 Å². The number of furan rings is 1. The molecule has 1 aromatic rings. The summed E-state index contributed by atoms with van der Waals surface area (Å²) in [5.74, 6) is 1.37. The van der Waals surface area contributed by atoms with Crippen molar-refractivity contribution in [1.29, 1.82) is 0 Å². The van der Waals surface area contributed by atoms with Gasteiger partial charge in [0, 0.05) is 18.7 Å². The Morgan fingerprint density at radius 2 is 2.38 bits per heavy atom. The molecule has 1 aliphatic heterocycles. The van der Waals surface area contributed by atoms with Crippen LogP contribution >= 0.6 is 0 Å². The maximum absolute atomic E-state index is 11.2. The van der Waals surface area contributed by atoms with E-state index < -0.39 is 9.84 Å². The number of fused-ring (bicyclic) bond motifs is 1. The summed E-state index contributed by atoms with van der Waals surface area (Å²) in [6, 6.07) is 1.98. The largest absolute Gasteiger partial charge is 0.469 e. The minimum Gasteiger partial charge on any atom is -0.469 e. The van der Waals surface area contributed by atoms with Gasteiger partial charge in [-0.2, -0.15) is 0 Å². The zero-order valence-electron chi connectivity index (χ0n) is 9.40. The summed E-state index contributed by atoms with van der Waals surface area (Å²) < 4.78 is 27.8. The first-order chi connectivity index (χ1) is 7.56. The van der Waals surface area contributed by atoms with Crippen molar-refractivity contribution in [2.24, 2.45) is 0 Å².